The minimum atomic E-state index is 0.281. The molecule has 2 unspecified atom stereocenters. The molecule has 2 radical (unpaired) electrons. The first-order valence-electron chi connectivity index (χ1n) is 17.4. The van der Waals surface area contributed by atoms with Gasteiger partial charge in [-0.3, -0.25) is 0 Å². The monoisotopic (exact) mass is 654 g/mol. The van der Waals surface area contributed by atoms with Gasteiger partial charge in [0.25, 0.3) is 0 Å². The Hall–Kier alpha value is -4.86. The van der Waals surface area contributed by atoms with E-state index in [9.17, 15) is 0 Å². The van der Waals surface area contributed by atoms with Crippen molar-refractivity contribution in [3.8, 4) is 22.3 Å². The first-order valence-corrected chi connectivity index (χ1v) is 18.8. The largest absolute Gasteiger partial charge is 0.462 e. The first kappa shape index (κ1) is 31.4. The number of aryl methyl sites for hydroxylation is 6. The van der Waals surface area contributed by atoms with E-state index in [1.807, 2.05) is 13.8 Å². The lowest BCUT2D eigenvalue weighted by atomic mass is 9.89. The van der Waals surface area contributed by atoms with E-state index >= 15 is 0 Å². The van der Waals surface area contributed by atoms with Gasteiger partial charge in [-0.25, -0.2) is 0 Å². The molecular weight excluding hydrogens is 613 g/mol. The molecule has 4 aromatic carbocycles. The Morgan fingerprint density at radius 2 is 0.878 bits per heavy atom. The molecule has 0 saturated carbocycles. The van der Waals surface area contributed by atoms with Crippen molar-refractivity contribution in [2.24, 2.45) is 0 Å². The van der Waals surface area contributed by atoms with E-state index in [1.165, 1.54) is 77.9 Å². The van der Waals surface area contributed by atoms with E-state index in [-0.39, 0.29) is 11.8 Å². The zero-order chi connectivity index (χ0) is 33.8. The lowest BCUT2D eigenvalue weighted by Crippen LogP contribution is -2.08. The quantitative estimate of drug-likeness (QED) is 0.153. The molecule has 2 aliphatic carbocycles. The molecule has 8 rings (SSSR count). The van der Waals surface area contributed by atoms with E-state index in [1.54, 1.807) is 0 Å². The Morgan fingerprint density at radius 3 is 1.24 bits per heavy atom. The molecule has 2 aromatic heterocycles. The maximum Gasteiger partial charge on any atom is 0.130 e. The molecule has 6 aromatic rings. The van der Waals surface area contributed by atoms with E-state index in [4.69, 9.17) is 8.83 Å². The second-order valence-electron chi connectivity index (χ2n) is 14.0. The second-order valence-corrected chi connectivity index (χ2v) is 15.4. The predicted molar refractivity (Wildman–Crippen MR) is 206 cm³/mol. The Kier molecular flexibility index (Phi) is 8.04. The molecule has 0 bridgehead atoms. The van der Waals surface area contributed by atoms with Crippen molar-refractivity contribution in [1.29, 1.82) is 0 Å². The number of hydrogen-bond acceptors (Lipinski definition) is 2. The van der Waals surface area contributed by atoms with Gasteiger partial charge in [-0.05, 0) is 146 Å². The second kappa shape index (κ2) is 12.5. The van der Waals surface area contributed by atoms with E-state index < -0.39 is 0 Å². The Balaban J connectivity index is 1.15. The summed E-state index contributed by atoms with van der Waals surface area (Å²) in [5, 5.41) is 0. The highest BCUT2D eigenvalue weighted by atomic mass is 28.2. The summed E-state index contributed by atoms with van der Waals surface area (Å²) in [6, 6.07) is 38.0. The van der Waals surface area contributed by atoms with Crippen LogP contribution >= 0.6 is 0 Å². The molecule has 2 atom stereocenters. The number of rotatable bonds is 8. The van der Waals surface area contributed by atoms with Gasteiger partial charge < -0.3 is 8.83 Å². The summed E-state index contributed by atoms with van der Waals surface area (Å²) < 4.78 is 12.6. The van der Waals surface area contributed by atoms with Gasteiger partial charge in [-0.15, -0.1) is 0 Å². The van der Waals surface area contributed by atoms with Crippen LogP contribution in [0, 0.1) is 41.5 Å². The molecule has 3 heteroatoms. The normalized spacial score (nSPS) is 16.4. The van der Waals surface area contributed by atoms with Crippen LogP contribution in [-0.4, -0.2) is 9.52 Å². The fourth-order valence-electron chi connectivity index (χ4n) is 7.94. The fraction of sp³-hybridized carbons (Fsp3) is 0.217. The van der Waals surface area contributed by atoms with Gasteiger partial charge >= 0.3 is 0 Å². The summed E-state index contributed by atoms with van der Waals surface area (Å²) in [6.07, 6.45) is 4.84. The van der Waals surface area contributed by atoms with Gasteiger partial charge in [0.2, 0.25) is 0 Å². The molecule has 0 saturated heterocycles. The van der Waals surface area contributed by atoms with Crippen LogP contribution < -0.4 is 0 Å². The maximum atomic E-state index is 6.31. The van der Waals surface area contributed by atoms with Crippen LogP contribution in [0.5, 0.6) is 0 Å². The average molecular weight is 655 g/mol. The van der Waals surface area contributed by atoms with Crippen molar-refractivity contribution in [2.75, 3.05) is 0 Å². The van der Waals surface area contributed by atoms with Crippen molar-refractivity contribution in [2.45, 2.75) is 65.5 Å². The van der Waals surface area contributed by atoms with Gasteiger partial charge in [0.05, 0.1) is 0 Å². The predicted octanol–water partition coefficient (Wildman–Crippen LogP) is 12.6. The number of furan rings is 2. The maximum absolute atomic E-state index is 6.31. The highest BCUT2D eigenvalue weighted by Gasteiger charge is 2.33. The zero-order valence-electron chi connectivity index (χ0n) is 29.3. The average Bonchev–Trinajstić information content (AvgIpc) is 3.88. The molecule has 0 spiro atoms. The lowest BCUT2D eigenvalue weighted by molar-refractivity contribution is 0.518. The van der Waals surface area contributed by atoms with Crippen molar-refractivity contribution in [3.05, 3.63) is 165 Å². The molecule has 242 valence electrons. The number of allylic oxidation sites excluding steroid dienone is 2. The number of fused-ring (bicyclic) bond motifs is 2. The third-order valence-electron chi connectivity index (χ3n) is 10.5. The van der Waals surface area contributed by atoms with Crippen LogP contribution in [0.4, 0.5) is 0 Å². The molecule has 0 N–H and O–H groups in total. The molecule has 0 aliphatic heterocycles. The fourth-order valence-corrected chi connectivity index (χ4v) is 9.56. The van der Waals surface area contributed by atoms with Crippen molar-refractivity contribution >= 4 is 32.8 Å². The van der Waals surface area contributed by atoms with Gasteiger partial charge in [-0.1, -0.05) is 83.9 Å². The van der Waals surface area contributed by atoms with Crippen molar-refractivity contribution < 1.29 is 8.83 Å². The standard InChI is InChI=1S/C46H42O2Si/c1-27-7-15-33(16-8-27)45-29(3)11-19-35-39(45)23-37(43-21-13-31(5)47-43)41(35)25-49-26-42-36-20-12-30(4)46(34-17-9-28(2)10-18-34)40(36)24-38(42)44-22-14-32(6)48-44/h7-24,41-42H,25-26H2,1-6H3. The summed E-state index contributed by atoms with van der Waals surface area (Å²) in [6.45, 7) is 12.9. The van der Waals surface area contributed by atoms with Gasteiger partial charge in [-0.2, -0.15) is 0 Å². The smallest absolute Gasteiger partial charge is 0.130 e. The van der Waals surface area contributed by atoms with Gasteiger partial charge in [0, 0.05) is 32.5 Å². The van der Waals surface area contributed by atoms with Crippen LogP contribution in [0.25, 0.3) is 45.6 Å². The molecule has 0 fully saturated rings. The minimum absolute atomic E-state index is 0.281. The van der Waals surface area contributed by atoms with E-state index in [0.29, 0.717) is 0 Å². The zero-order valence-corrected chi connectivity index (χ0v) is 30.3. The van der Waals surface area contributed by atoms with Gasteiger partial charge in [0.1, 0.15) is 23.0 Å². The van der Waals surface area contributed by atoms with Crippen LogP contribution in [0.3, 0.4) is 0 Å². The lowest BCUT2D eigenvalue weighted by Gasteiger charge is -2.21. The molecule has 0 amide bonds. The van der Waals surface area contributed by atoms with Crippen LogP contribution in [0.15, 0.2) is 106 Å². The molecule has 2 nitrogen and oxygen atoms in total. The highest BCUT2D eigenvalue weighted by Crippen LogP contribution is 2.51. The Morgan fingerprint density at radius 1 is 0.469 bits per heavy atom. The van der Waals surface area contributed by atoms with E-state index in [0.717, 1.165) is 44.6 Å². The van der Waals surface area contributed by atoms with Crippen molar-refractivity contribution in [1.82, 2.24) is 0 Å². The highest BCUT2D eigenvalue weighted by molar-refractivity contribution is 6.37. The molecule has 49 heavy (non-hydrogen) atoms. The van der Waals surface area contributed by atoms with Crippen LogP contribution in [0.2, 0.25) is 12.1 Å². The summed E-state index contributed by atoms with van der Waals surface area (Å²) in [4.78, 5) is 0. The number of hydrogen-bond donors (Lipinski definition) is 0. The first-order chi connectivity index (χ1) is 23.7. The Labute approximate surface area is 293 Å². The van der Waals surface area contributed by atoms with Crippen molar-refractivity contribution in [3.63, 3.8) is 0 Å². The van der Waals surface area contributed by atoms with Gasteiger partial charge in [0.15, 0.2) is 0 Å². The summed E-state index contributed by atoms with van der Waals surface area (Å²) in [7, 11) is 0.752. The van der Waals surface area contributed by atoms with Crippen LogP contribution in [0.1, 0.15) is 79.4 Å². The number of benzene rings is 4. The molecule has 2 heterocycles. The Bertz CT molecular complexity index is 2090. The summed E-state index contributed by atoms with van der Waals surface area (Å²) in [5.41, 5.74) is 18.5. The van der Waals surface area contributed by atoms with E-state index in [2.05, 4.69) is 137 Å². The molecule has 2 aliphatic rings. The molecular formula is C46H42O2Si. The third kappa shape index (κ3) is 5.70. The third-order valence-corrected chi connectivity index (χ3v) is 11.9. The summed E-state index contributed by atoms with van der Waals surface area (Å²) in [5.74, 6) is 4.45. The topological polar surface area (TPSA) is 26.3 Å². The SMILES string of the molecule is Cc1ccc(-c2c(C)ccc3c2C=C(c2ccc(C)o2)C3C[Si]CC2C(c3ccc(C)o3)=Cc3c2ccc(C)c3-c2ccc(C)cc2)cc1. The van der Waals surface area contributed by atoms with Crippen LogP contribution in [-0.2, 0) is 0 Å². The minimum Gasteiger partial charge on any atom is -0.462 e. The summed E-state index contributed by atoms with van der Waals surface area (Å²) >= 11 is 0.